The molecule has 2 nitrogen and oxygen atoms in total. The molecule has 0 heterocycles. The minimum atomic E-state index is 0.556. The monoisotopic (exact) mass is 221 g/mol. The average molecular weight is 221 g/mol. The van der Waals surface area contributed by atoms with Crippen molar-refractivity contribution in [2.45, 2.75) is 33.4 Å². The topological polar surface area (TPSA) is 21.3 Å². The molecule has 0 saturated carbocycles. The molecule has 0 aromatic heterocycles. The van der Waals surface area contributed by atoms with Crippen LogP contribution in [0.3, 0.4) is 0 Å². The number of nitrogens with one attached hydrogen (secondary N) is 1. The maximum absolute atomic E-state index is 5.59. The second-order valence-corrected chi connectivity index (χ2v) is 4.53. The molecule has 90 valence electrons. The molecule has 16 heavy (non-hydrogen) atoms. The van der Waals surface area contributed by atoms with Crippen LogP contribution in [-0.4, -0.2) is 19.2 Å². The Hall–Kier alpha value is -0.860. The van der Waals surface area contributed by atoms with Gasteiger partial charge < -0.3 is 10.1 Å². The number of hydrogen-bond acceptors (Lipinski definition) is 2. The number of rotatable bonds is 7. The summed E-state index contributed by atoms with van der Waals surface area (Å²) < 4.78 is 5.59. The van der Waals surface area contributed by atoms with E-state index < -0.39 is 0 Å². The van der Waals surface area contributed by atoms with E-state index >= 15 is 0 Å². The predicted molar refractivity (Wildman–Crippen MR) is 68.4 cm³/mol. The largest absolute Gasteiger partial charge is 0.375 e. The van der Waals surface area contributed by atoms with E-state index in [0.717, 1.165) is 13.2 Å². The Kier molecular flexibility index (Phi) is 6.12. The first-order valence-electron chi connectivity index (χ1n) is 6.05. The predicted octanol–water partition coefficient (Wildman–Crippen LogP) is 2.84. The summed E-state index contributed by atoms with van der Waals surface area (Å²) in [5.74, 6) is 0.675. The fourth-order valence-electron chi connectivity index (χ4n) is 1.36. The van der Waals surface area contributed by atoms with Crippen LogP contribution < -0.4 is 5.32 Å². The molecule has 1 N–H and O–H groups in total. The molecule has 0 spiro atoms. The van der Waals surface area contributed by atoms with E-state index in [1.54, 1.807) is 0 Å². The van der Waals surface area contributed by atoms with Crippen LogP contribution in [0.1, 0.15) is 26.3 Å². The van der Waals surface area contributed by atoms with Gasteiger partial charge in [0.15, 0.2) is 0 Å². The summed E-state index contributed by atoms with van der Waals surface area (Å²) in [4.78, 5) is 0. The Bertz CT molecular complexity index is 271. The van der Waals surface area contributed by atoms with Gasteiger partial charge in [-0.15, -0.1) is 0 Å². The quantitative estimate of drug-likeness (QED) is 0.715. The van der Waals surface area contributed by atoms with E-state index in [2.05, 4.69) is 38.2 Å². The van der Waals surface area contributed by atoms with E-state index in [1.165, 1.54) is 5.56 Å². The van der Waals surface area contributed by atoms with Crippen molar-refractivity contribution in [2.24, 2.45) is 5.92 Å². The SMILES string of the molecule is CC(C)C(C)NCCOCc1ccccc1. The van der Waals surface area contributed by atoms with Crippen molar-refractivity contribution in [1.82, 2.24) is 5.32 Å². The molecule has 0 bridgehead atoms. The second kappa shape index (κ2) is 7.42. The molecule has 1 aromatic rings. The number of hydrogen-bond donors (Lipinski definition) is 1. The molecule has 0 amide bonds. The molecule has 1 atom stereocenters. The first-order valence-corrected chi connectivity index (χ1v) is 6.05. The lowest BCUT2D eigenvalue weighted by Gasteiger charge is -2.17. The maximum atomic E-state index is 5.59. The Morgan fingerprint density at radius 1 is 1.12 bits per heavy atom. The maximum Gasteiger partial charge on any atom is 0.0717 e. The zero-order valence-corrected chi connectivity index (χ0v) is 10.6. The van der Waals surface area contributed by atoms with E-state index in [0.29, 0.717) is 18.6 Å². The van der Waals surface area contributed by atoms with Crippen LogP contribution in [0.2, 0.25) is 0 Å². The third kappa shape index (κ3) is 5.29. The van der Waals surface area contributed by atoms with E-state index in [9.17, 15) is 0 Å². The normalized spacial score (nSPS) is 13.0. The smallest absolute Gasteiger partial charge is 0.0717 e. The zero-order chi connectivity index (χ0) is 11.8. The van der Waals surface area contributed by atoms with Gasteiger partial charge in [0.25, 0.3) is 0 Å². The molecule has 1 unspecified atom stereocenters. The minimum absolute atomic E-state index is 0.556. The average Bonchev–Trinajstić information content (AvgIpc) is 2.29. The van der Waals surface area contributed by atoms with Gasteiger partial charge in [-0.25, -0.2) is 0 Å². The third-order valence-electron chi connectivity index (χ3n) is 2.82. The van der Waals surface area contributed by atoms with Crippen molar-refractivity contribution in [3.8, 4) is 0 Å². The van der Waals surface area contributed by atoms with Gasteiger partial charge in [0.05, 0.1) is 13.2 Å². The molecule has 0 aliphatic carbocycles. The third-order valence-corrected chi connectivity index (χ3v) is 2.82. The van der Waals surface area contributed by atoms with Crippen molar-refractivity contribution in [2.75, 3.05) is 13.2 Å². The van der Waals surface area contributed by atoms with Crippen LogP contribution in [-0.2, 0) is 11.3 Å². The number of benzene rings is 1. The highest BCUT2D eigenvalue weighted by atomic mass is 16.5. The molecule has 0 radical (unpaired) electrons. The van der Waals surface area contributed by atoms with Crippen molar-refractivity contribution < 1.29 is 4.74 Å². The molecule has 1 rings (SSSR count). The Morgan fingerprint density at radius 2 is 1.81 bits per heavy atom. The highest BCUT2D eigenvalue weighted by molar-refractivity contribution is 5.13. The van der Waals surface area contributed by atoms with Crippen molar-refractivity contribution in [3.05, 3.63) is 35.9 Å². The molecule has 0 aliphatic heterocycles. The molecular formula is C14H23NO. The summed E-state index contributed by atoms with van der Waals surface area (Å²) in [6.45, 7) is 9.06. The van der Waals surface area contributed by atoms with E-state index in [4.69, 9.17) is 4.74 Å². The van der Waals surface area contributed by atoms with Gasteiger partial charge in [-0.1, -0.05) is 44.2 Å². The van der Waals surface area contributed by atoms with Gasteiger partial charge >= 0.3 is 0 Å². The molecule has 0 saturated heterocycles. The minimum Gasteiger partial charge on any atom is -0.375 e. The van der Waals surface area contributed by atoms with Crippen molar-refractivity contribution in [3.63, 3.8) is 0 Å². The van der Waals surface area contributed by atoms with Gasteiger partial charge in [-0.05, 0) is 18.4 Å². The summed E-state index contributed by atoms with van der Waals surface area (Å²) in [5.41, 5.74) is 1.24. The zero-order valence-electron chi connectivity index (χ0n) is 10.6. The van der Waals surface area contributed by atoms with Gasteiger partial charge in [0.1, 0.15) is 0 Å². The standard InChI is InChI=1S/C14H23NO/c1-12(2)13(3)15-9-10-16-11-14-7-5-4-6-8-14/h4-8,12-13,15H,9-11H2,1-3H3. The van der Waals surface area contributed by atoms with Gasteiger partial charge in [0.2, 0.25) is 0 Å². The summed E-state index contributed by atoms with van der Waals surface area (Å²) in [6, 6.07) is 10.8. The molecule has 1 aromatic carbocycles. The first kappa shape index (κ1) is 13.2. The summed E-state index contributed by atoms with van der Waals surface area (Å²) >= 11 is 0. The second-order valence-electron chi connectivity index (χ2n) is 4.53. The lowest BCUT2D eigenvalue weighted by molar-refractivity contribution is 0.119. The Morgan fingerprint density at radius 3 is 2.44 bits per heavy atom. The number of ether oxygens (including phenoxy) is 1. The highest BCUT2D eigenvalue weighted by Crippen LogP contribution is 2.01. The molecular weight excluding hydrogens is 198 g/mol. The van der Waals surface area contributed by atoms with Crippen LogP contribution in [0.25, 0.3) is 0 Å². The Balaban J connectivity index is 2.04. The van der Waals surface area contributed by atoms with Crippen LogP contribution in [0, 0.1) is 5.92 Å². The van der Waals surface area contributed by atoms with Crippen LogP contribution in [0.4, 0.5) is 0 Å². The summed E-state index contributed by atoms with van der Waals surface area (Å²) in [5, 5.41) is 3.44. The lowest BCUT2D eigenvalue weighted by Crippen LogP contribution is -2.33. The fraction of sp³-hybridized carbons (Fsp3) is 0.571. The van der Waals surface area contributed by atoms with Gasteiger partial charge in [-0.3, -0.25) is 0 Å². The lowest BCUT2D eigenvalue weighted by atomic mass is 10.1. The summed E-state index contributed by atoms with van der Waals surface area (Å²) in [6.07, 6.45) is 0. The highest BCUT2D eigenvalue weighted by Gasteiger charge is 2.04. The van der Waals surface area contributed by atoms with Crippen molar-refractivity contribution in [1.29, 1.82) is 0 Å². The van der Waals surface area contributed by atoms with Gasteiger partial charge in [-0.2, -0.15) is 0 Å². The molecule has 0 fully saturated rings. The summed E-state index contributed by atoms with van der Waals surface area (Å²) in [7, 11) is 0. The van der Waals surface area contributed by atoms with Crippen LogP contribution >= 0.6 is 0 Å². The van der Waals surface area contributed by atoms with E-state index in [-0.39, 0.29) is 0 Å². The first-order chi connectivity index (χ1) is 7.70. The van der Waals surface area contributed by atoms with Crippen molar-refractivity contribution >= 4 is 0 Å². The Labute approximate surface area is 99.0 Å². The molecule has 2 heteroatoms. The van der Waals surface area contributed by atoms with Crippen LogP contribution in [0.5, 0.6) is 0 Å². The van der Waals surface area contributed by atoms with E-state index in [1.807, 2.05) is 18.2 Å². The fourth-order valence-corrected chi connectivity index (χ4v) is 1.36. The molecule has 0 aliphatic rings. The van der Waals surface area contributed by atoms with Gasteiger partial charge in [0, 0.05) is 12.6 Å². The van der Waals surface area contributed by atoms with Crippen LogP contribution in [0.15, 0.2) is 30.3 Å².